The van der Waals surface area contributed by atoms with E-state index in [1.54, 1.807) is 6.07 Å². The van der Waals surface area contributed by atoms with Gasteiger partial charge in [-0.25, -0.2) is 0 Å². The Morgan fingerprint density at radius 2 is 2.00 bits per heavy atom. The second kappa shape index (κ2) is 6.14. The van der Waals surface area contributed by atoms with Crippen molar-refractivity contribution < 1.29 is 13.2 Å². The van der Waals surface area contributed by atoms with Gasteiger partial charge in [0.15, 0.2) is 0 Å². The van der Waals surface area contributed by atoms with Crippen molar-refractivity contribution in [2.24, 2.45) is 5.73 Å². The largest absolute Gasteiger partial charge is 0.416 e. The van der Waals surface area contributed by atoms with Gasteiger partial charge >= 0.3 is 6.18 Å². The lowest BCUT2D eigenvalue weighted by Gasteiger charge is -2.35. The molecule has 1 aliphatic heterocycles. The summed E-state index contributed by atoms with van der Waals surface area (Å²) in [7, 11) is 0. The number of alkyl halides is 3. The first-order valence-corrected chi connectivity index (χ1v) is 7.05. The molecule has 1 aromatic rings. The van der Waals surface area contributed by atoms with Crippen LogP contribution in [0.25, 0.3) is 0 Å². The van der Waals surface area contributed by atoms with E-state index in [1.807, 2.05) is 0 Å². The third kappa shape index (κ3) is 3.52. The quantitative estimate of drug-likeness (QED) is 0.920. The monoisotopic (exact) mass is 286 g/mol. The lowest BCUT2D eigenvalue weighted by Crippen LogP contribution is -2.42. The van der Waals surface area contributed by atoms with Crippen molar-refractivity contribution in [3.05, 3.63) is 35.4 Å². The number of hydrogen-bond acceptors (Lipinski definition) is 2. The van der Waals surface area contributed by atoms with Crippen LogP contribution in [0.4, 0.5) is 13.2 Å². The maximum atomic E-state index is 13.0. The van der Waals surface area contributed by atoms with E-state index >= 15 is 0 Å². The van der Waals surface area contributed by atoms with Crippen molar-refractivity contribution in [3.63, 3.8) is 0 Å². The zero-order chi connectivity index (χ0) is 14.8. The molecule has 0 radical (unpaired) electrons. The van der Waals surface area contributed by atoms with Crippen molar-refractivity contribution in [1.82, 2.24) is 4.90 Å². The van der Waals surface area contributed by atoms with Crippen LogP contribution in [0, 0.1) is 0 Å². The topological polar surface area (TPSA) is 29.3 Å². The van der Waals surface area contributed by atoms with Gasteiger partial charge in [-0.05, 0) is 37.9 Å². The van der Waals surface area contributed by atoms with Crippen LogP contribution >= 0.6 is 0 Å². The van der Waals surface area contributed by atoms with Gasteiger partial charge in [-0.3, -0.25) is 4.90 Å². The normalized spacial score (nSPS) is 22.8. The summed E-state index contributed by atoms with van der Waals surface area (Å²) < 4.78 is 39.0. The molecule has 5 heteroatoms. The molecule has 0 aliphatic carbocycles. The maximum absolute atomic E-state index is 13.0. The van der Waals surface area contributed by atoms with Crippen LogP contribution in [0.1, 0.15) is 43.4 Å². The van der Waals surface area contributed by atoms with Gasteiger partial charge in [-0.2, -0.15) is 13.2 Å². The van der Waals surface area contributed by atoms with Crippen LogP contribution in [-0.4, -0.2) is 24.0 Å². The lowest BCUT2D eigenvalue weighted by atomic mass is 9.97. The average molecular weight is 286 g/mol. The van der Waals surface area contributed by atoms with Gasteiger partial charge < -0.3 is 5.73 Å². The first-order valence-electron chi connectivity index (χ1n) is 7.05. The van der Waals surface area contributed by atoms with E-state index in [-0.39, 0.29) is 5.56 Å². The van der Waals surface area contributed by atoms with E-state index in [0.29, 0.717) is 12.6 Å². The zero-order valence-corrected chi connectivity index (χ0v) is 11.7. The molecule has 1 fully saturated rings. The first-order chi connectivity index (χ1) is 9.39. The van der Waals surface area contributed by atoms with E-state index in [4.69, 9.17) is 5.73 Å². The molecule has 20 heavy (non-hydrogen) atoms. The summed E-state index contributed by atoms with van der Waals surface area (Å²) in [4.78, 5) is 2.20. The number of nitrogens with zero attached hydrogens (tertiary/aromatic N) is 1. The number of halogens is 3. The molecule has 2 N–H and O–H groups in total. The minimum absolute atomic E-state index is 0.192. The third-order valence-electron chi connectivity index (χ3n) is 4.04. The van der Waals surface area contributed by atoms with Crippen LogP contribution in [0.3, 0.4) is 0 Å². The molecule has 0 spiro atoms. The third-order valence-corrected chi connectivity index (χ3v) is 4.04. The van der Waals surface area contributed by atoms with Gasteiger partial charge in [0.1, 0.15) is 0 Å². The Hall–Kier alpha value is -1.07. The fraction of sp³-hybridized carbons (Fsp3) is 0.600. The number of piperidine rings is 1. The van der Waals surface area contributed by atoms with Crippen LogP contribution in [-0.2, 0) is 6.18 Å². The molecule has 1 saturated heterocycles. The summed E-state index contributed by atoms with van der Waals surface area (Å²) in [6.45, 7) is 3.51. The molecule has 2 nitrogen and oxygen atoms in total. The molecule has 0 saturated carbocycles. The molecule has 2 atom stereocenters. The van der Waals surface area contributed by atoms with Crippen LogP contribution in [0.2, 0.25) is 0 Å². The molecule has 2 rings (SSSR count). The Balaban J connectivity index is 2.15. The summed E-state index contributed by atoms with van der Waals surface area (Å²) in [5.74, 6) is 0. The molecule has 0 amide bonds. The van der Waals surface area contributed by atoms with Crippen LogP contribution in [0.15, 0.2) is 24.3 Å². The highest BCUT2D eigenvalue weighted by Crippen LogP contribution is 2.34. The Morgan fingerprint density at radius 3 is 2.65 bits per heavy atom. The average Bonchev–Trinajstić information content (AvgIpc) is 2.40. The minimum Gasteiger partial charge on any atom is -0.323 e. The summed E-state index contributed by atoms with van der Waals surface area (Å²) in [6.07, 6.45) is -0.973. The van der Waals surface area contributed by atoms with Crippen molar-refractivity contribution >= 4 is 0 Å². The van der Waals surface area contributed by atoms with Gasteiger partial charge in [0, 0.05) is 18.6 Å². The van der Waals surface area contributed by atoms with Crippen molar-refractivity contribution in [1.29, 1.82) is 0 Å². The van der Waals surface area contributed by atoms with Gasteiger partial charge in [-0.15, -0.1) is 0 Å². The van der Waals surface area contributed by atoms with Gasteiger partial charge in [0.05, 0.1) is 5.56 Å². The van der Waals surface area contributed by atoms with Gasteiger partial charge in [-0.1, -0.05) is 24.6 Å². The predicted octanol–water partition coefficient (Wildman–Crippen LogP) is 3.58. The van der Waals surface area contributed by atoms with E-state index in [1.165, 1.54) is 18.6 Å². The van der Waals surface area contributed by atoms with Crippen molar-refractivity contribution in [3.8, 4) is 0 Å². The van der Waals surface area contributed by atoms with Crippen molar-refractivity contribution in [2.75, 3.05) is 13.1 Å². The lowest BCUT2D eigenvalue weighted by molar-refractivity contribution is -0.138. The fourth-order valence-corrected chi connectivity index (χ4v) is 2.86. The first kappa shape index (κ1) is 15.3. The molecule has 0 bridgehead atoms. The highest BCUT2D eigenvalue weighted by atomic mass is 19.4. The fourth-order valence-electron chi connectivity index (χ4n) is 2.86. The molecule has 112 valence electrons. The van der Waals surface area contributed by atoms with Crippen molar-refractivity contribution in [2.45, 2.75) is 44.4 Å². The highest BCUT2D eigenvalue weighted by Gasteiger charge is 2.34. The second-order valence-electron chi connectivity index (χ2n) is 5.53. The Bertz CT molecular complexity index is 445. The number of likely N-dealkylation sites (tertiary alicyclic amines) is 1. The Kier molecular flexibility index (Phi) is 4.70. The maximum Gasteiger partial charge on any atom is 0.416 e. The van der Waals surface area contributed by atoms with E-state index in [0.717, 1.165) is 25.5 Å². The minimum atomic E-state index is -4.35. The summed E-state index contributed by atoms with van der Waals surface area (Å²) in [5.41, 5.74) is 5.62. The van der Waals surface area contributed by atoms with Crippen LogP contribution < -0.4 is 5.73 Å². The van der Waals surface area contributed by atoms with Crippen LogP contribution in [0.5, 0.6) is 0 Å². The smallest absolute Gasteiger partial charge is 0.323 e. The Morgan fingerprint density at radius 1 is 1.30 bits per heavy atom. The number of hydrogen-bond donors (Lipinski definition) is 1. The second-order valence-corrected chi connectivity index (χ2v) is 5.53. The van der Waals surface area contributed by atoms with Gasteiger partial charge in [0.25, 0.3) is 0 Å². The van der Waals surface area contributed by atoms with E-state index in [9.17, 15) is 13.2 Å². The van der Waals surface area contributed by atoms with Gasteiger partial charge in [0.2, 0.25) is 0 Å². The summed E-state index contributed by atoms with van der Waals surface area (Å²) in [6, 6.07) is 5.41. The predicted molar refractivity (Wildman–Crippen MR) is 73.3 cm³/mol. The molecule has 2 unspecified atom stereocenters. The van der Waals surface area contributed by atoms with E-state index in [2.05, 4.69) is 11.8 Å². The number of nitrogens with two attached hydrogens (primary N) is 1. The molecular weight excluding hydrogens is 265 g/mol. The van der Waals surface area contributed by atoms with E-state index < -0.39 is 17.8 Å². The highest BCUT2D eigenvalue weighted by molar-refractivity contribution is 5.32. The standard InChI is InChI=1S/C15H21F3N2/c1-11-6-4-5-9-20(11)10-14(19)12-7-2-3-8-13(12)15(16,17)18/h2-3,7-8,11,14H,4-6,9-10,19H2,1H3. The molecule has 0 aromatic heterocycles. The molecule has 1 heterocycles. The number of benzene rings is 1. The zero-order valence-electron chi connectivity index (χ0n) is 11.7. The summed E-state index contributed by atoms with van der Waals surface area (Å²) in [5, 5.41) is 0. The summed E-state index contributed by atoms with van der Waals surface area (Å²) >= 11 is 0. The molecule has 1 aromatic carbocycles. The Labute approximate surface area is 117 Å². The SMILES string of the molecule is CC1CCCCN1CC(N)c1ccccc1C(F)(F)F. The molecular formula is C15H21F3N2. The number of rotatable bonds is 3. The molecule has 1 aliphatic rings.